The molecule has 0 bridgehead atoms. The van der Waals surface area contributed by atoms with Crippen LogP contribution in [0.15, 0.2) is 41.6 Å². The summed E-state index contributed by atoms with van der Waals surface area (Å²) in [4.78, 5) is 27.4. The number of anilines is 1. The molecule has 3 aromatic rings. The Balaban J connectivity index is 1.17. The Bertz CT molecular complexity index is 1530. The molecule has 0 spiro atoms. The minimum Gasteiger partial charge on any atom is -0.339 e. The van der Waals surface area contributed by atoms with Crippen molar-refractivity contribution >= 4 is 52.5 Å². The van der Waals surface area contributed by atoms with Gasteiger partial charge in [-0.05, 0) is 105 Å². The van der Waals surface area contributed by atoms with Crippen molar-refractivity contribution in [3.63, 3.8) is 0 Å². The molecular formula is C29H31Cl2N7O2S. The Labute approximate surface area is 253 Å². The molecule has 2 N–H and O–H groups in total. The zero-order chi connectivity index (χ0) is 29.1. The number of rotatable bonds is 8. The molecule has 2 aromatic carbocycles. The van der Waals surface area contributed by atoms with Gasteiger partial charge in [-0.15, -0.1) is 5.10 Å². The number of amides is 2. The van der Waals surface area contributed by atoms with Crippen LogP contribution in [0, 0.1) is 11.8 Å². The molecule has 9 nitrogen and oxygen atoms in total. The summed E-state index contributed by atoms with van der Waals surface area (Å²) in [6, 6.07) is 11.0. The van der Waals surface area contributed by atoms with Gasteiger partial charge >= 0.3 is 0 Å². The molecule has 1 atom stereocenters. The smallest absolute Gasteiger partial charge is 0.238 e. The van der Waals surface area contributed by atoms with Crippen molar-refractivity contribution in [3.8, 4) is 17.5 Å². The van der Waals surface area contributed by atoms with Gasteiger partial charge in [-0.2, -0.15) is 4.68 Å². The highest BCUT2D eigenvalue weighted by Gasteiger charge is 2.30. The lowest BCUT2D eigenvalue weighted by Gasteiger charge is -2.25. The second-order valence-electron chi connectivity index (χ2n) is 10.9. The predicted molar refractivity (Wildman–Crippen MR) is 162 cm³/mol. The number of carbonyl (C=O) groups excluding carboxylic acids is 2. The van der Waals surface area contributed by atoms with E-state index < -0.39 is 5.54 Å². The van der Waals surface area contributed by atoms with Crippen molar-refractivity contribution < 1.29 is 9.59 Å². The van der Waals surface area contributed by atoms with Crippen LogP contribution >= 0.6 is 35.0 Å². The Morgan fingerprint density at radius 3 is 2.61 bits per heavy atom. The highest BCUT2D eigenvalue weighted by atomic mass is 35.5. The third-order valence-electron chi connectivity index (χ3n) is 7.04. The largest absolute Gasteiger partial charge is 0.339 e. The summed E-state index contributed by atoms with van der Waals surface area (Å²) in [6.45, 7) is 4.66. The zero-order valence-electron chi connectivity index (χ0n) is 23.1. The number of thioether (sulfide) groups is 1. The molecule has 1 saturated heterocycles. The molecule has 41 heavy (non-hydrogen) atoms. The number of aromatic nitrogens is 4. The van der Waals surface area contributed by atoms with Crippen LogP contribution in [-0.4, -0.2) is 67.8 Å². The summed E-state index contributed by atoms with van der Waals surface area (Å²) in [5.41, 5.74) is 2.31. The van der Waals surface area contributed by atoms with Crippen LogP contribution in [0.5, 0.6) is 0 Å². The topological polar surface area (TPSA) is 105 Å². The van der Waals surface area contributed by atoms with Crippen LogP contribution in [0.25, 0.3) is 5.69 Å². The molecule has 1 aromatic heterocycles. The summed E-state index contributed by atoms with van der Waals surface area (Å²) in [6.07, 6.45) is 4.25. The Morgan fingerprint density at radius 2 is 1.93 bits per heavy atom. The quantitative estimate of drug-likeness (QED) is 0.275. The van der Waals surface area contributed by atoms with E-state index in [4.69, 9.17) is 23.2 Å². The fraction of sp³-hybridized carbons (Fsp3) is 0.414. The van der Waals surface area contributed by atoms with Gasteiger partial charge in [0.2, 0.25) is 17.0 Å². The van der Waals surface area contributed by atoms with Gasteiger partial charge < -0.3 is 10.6 Å². The van der Waals surface area contributed by atoms with Gasteiger partial charge in [-0.1, -0.05) is 52.9 Å². The first-order chi connectivity index (χ1) is 19.6. The Morgan fingerprint density at radius 1 is 1.12 bits per heavy atom. The summed E-state index contributed by atoms with van der Waals surface area (Å²) in [5.74, 6) is 6.58. The van der Waals surface area contributed by atoms with Crippen LogP contribution in [-0.2, 0) is 9.59 Å². The third-order valence-corrected chi connectivity index (χ3v) is 8.58. The molecule has 1 saturated carbocycles. The Kier molecular flexibility index (Phi) is 8.90. The highest BCUT2D eigenvalue weighted by Crippen LogP contribution is 2.41. The molecule has 214 valence electrons. The Hall–Kier alpha value is -3.10. The number of halogens is 2. The molecule has 2 heterocycles. The molecule has 1 aliphatic heterocycles. The molecule has 12 heteroatoms. The van der Waals surface area contributed by atoms with Gasteiger partial charge in [0.15, 0.2) is 0 Å². The highest BCUT2D eigenvalue weighted by molar-refractivity contribution is 7.99. The first-order valence-corrected chi connectivity index (χ1v) is 15.2. The fourth-order valence-corrected chi connectivity index (χ4v) is 5.87. The lowest BCUT2D eigenvalue weighted by molar-refractivity contribution is -0.126. The van der Waals surface area contributed by atoms with E-state index in [9.17, 15) is 9.59 Å². The molecule has 2 fully saturated rings. The van der Waals surface area contributed by atoms with Crippen molar-refractivity contribution in [1.82, 2.24) is 30.4 Å². The molecule has 0 unspecified atom stereocenters. The maximum atomic E-state index is 12.7. The van der Waals surface area contributed by atoms with Crippen molar-refractivity contribution in [3.05, 3.63) is 57.6 Å². The van der Waals surface area contributed by atoms with Crippen molar-refractivity contribution in [2.75, 3.05) is 24.7 Å². The van der Waals surface area contributed by atoms with E-state index in [0.717, 1.165) is 19.4 Å². The molecule has 2 amide bonds. The van der Waals surface area contributed by atoms with Gasteiger partial charge in [0.05, 0.1) is 38.8 Å². The summed E-state index contributed by atoms with van der Waals surface area (Å²) in [7, 11) is 1.96. The number of likely N-dealkylation sites (N-methyl/N-ethyl adjacent to an activating group) is 1. The minimum absolute atomic E-state index is 0.0122. The van der Waals surface area contributed by atoms with Crippen LogP contribution in [0.2, 0.25) is 10.0 Å². The van der Waals surface area contributed by atoms with E-state index in [0.29, 0.717) is 38.1 Å². The van der Waals surface area contributed by atoms with E-state index in [1.807, 2.05) is 39.1 Å². The number of tetrazole rings is 1. The van der Waals surface area contributed by atoms with Gasteiger partial charge in [-0.25, -0.2) is 0 Å². The number of nitrogens with one attached hydrogen (secondary N) is 2. The number of hydrogen-bond acceptors (Lipinski definition) is 7. The third kappa shape index (κ3) is 7.41. The number of likely N-dealkylation sites (tertiary alicyclic amines) is 1. The minimum atomic E-state index is -0.712. The monoisotopic (exact) mass is 611 g/mol. The van der Waals surface area contributed by atoms with E-state index >= 15 is 0 Å². The summed E-state index contributed by atoms with van der Waals surface area (Å²) >= 11 is 14.2. The summed E-state index contributed by atoms with van der Waals surface area (Å²) < 4.78 is 1.54. The molecular weight excluding hydrogens is 581 g/mol. The average Bonchev–Trinajstić information content (AvgIpc) is 3.52. The first kappa shape index (κ1) is 29.4. The van der Waals surface area contributed by atoms with Crippen LogP contribution in [0.1, 0.15) is 56.6 Å². The average molecular weight is 613 g/mol. The SMILES string of the molecule is CN1CCC[C@H]1C(=O)NC(C)(C)C#Cc1ccc(NC(=O)CSc2nnnn2-c2ccc(C3CC3)cc2Cl)c(Cl)c1. The second-order valence-corrected chi connectivity index (χ2v) is 12.6. The van der Waals surface area contributed by atoms with E-state index in [2.05, 4.69) is 42.9 Å². The first-order valence-electron chi connectivity index (χ1n) is 13.5. The maximum absolute atomic E-state index is 12.7. The van der Waals surface area contributed by atoms with Gasteiger partial charge in [0.1, 0.15) is 0 Å². The van der Waals surface area contributed by atoms with E-state index in [-0.39, 0.29) is 23.6 Å². The number of benzene rings is 2. The molecule has 1 aliphatic carbocycles. The van der Waals surface area contributed by atoms with Gasteiger partial charge in [0.25, 0.3) is 0 Å². The van der Waals surface area contributed by atoms with Crippen LogP contribution in [0.4, 0.5) is 5.69 Å². The van der Waals surface area contributed by atoms with E-state index in [1.165, 1.54) is 34.8 Å². The fourth-order valence-electron chi connectivity index (χ4n) is 4.69. The van der Waals surface area contributed by atoms with Crippen molar-refractivity contribution in [2.45, 2.75) is 62.2 Å². The second kappa shape index (κ2) is 12.4. The van der Waals surface area contributed by atoms with Gasteiger partial charge in [0, 0.05) is 5.56 Å². The zero-order valence-corrected chi connectivity index (χ0v) is 25.4. The van der Waals surface area contributed by atoms with Gasteiger partial charge in [-0.3, -0.25) is 14.5 Å². The molecule has 2 aliphatic rings. The van der Waals surface area contributed by atoms with Crippen LogP contribution < -0.4 is 10.6 Å². The number of hydrogen-bond donors (Lipinski definition) is 2. The van der Waals surface area contributed by atoms with Crippen molar-refractivity contribution in [2.24, 2.45) is 0 Å². The maximum Gasteiger partial charge on any atom is 0.238 e. The standard InChI is InChI=1S/C29H31Cl2N7O2S/c1-29(2,33-27(40)25-5-4-14-37(25)3)13-12-18-6-10-23(21(30)15-18)32-26(39)17-41-28-34-35-36-38(28)24-11-9-20(16-22(24)31)19-7-8-19/h6,9-11,15-16,19,25H,4-5,7-8,14,17H2,1-3H3,(H,32,39)(H,33,40)/t25-/m0/s1. The van der Waals surface area contributed by atoms with E-state index in [1.54, 1.807) is 18.2 Å². The number of carbonyl (C=O) groups is 2. The summed E-state index contributed by atoms with van der Waals surface area (Å²) in [5, 5.41) is 19.1. The van der Waals surface area contributed by atoms with Crippen molar-refractivity contribution in [1.29, 1.82) is 0 Å². The lowest BCUT2D eigenvalue weighted by atomic mass is 10.0. The normalized spacial score (nSPS) is 17.1. The predicted octanol–water partition coefficient (Wildman–Crippen LogP) is 4.92. The van der Waals surface area contributed by atoms with Crippen LogP contribution in [0.3, 0.4) is 0 Å². The molecule has 5 rings (SSSR count). The number of nitrogens with zero attached hydrogens (tertiary/aromatic N) is 5. The lowest BCUT2D eigenvalue weighted by Crippen LogP contribution is -2.50. The molecule has 0 radical (unpaired) electrons.